The van der Waals surface area contributed by atoms with Gasteiger partial charge in [-0.1, -0.05) is 0 Å². The number of nitrogens with two attached hydrogens (primary N) is 1. The van der Waals surface area contributed by atoms with Crippen LogP contribution in [0.15, 0.2) is 12.4 Å². The van der Waals surface area contributed by atoms with E-state index in [1.54, 1.807) is 0 Å². The van der Waals surface area contributed by atoms with Gasteiger partial charge >= 0.3 is 0 Å². The number of nitrogens with zero attached hydrogens (tertiary/aromatic N) is 4. The second kappa shape index (κ2) is 3.84. The molecule has 16 heavy (non-hydrogen) atoms. The number of aromatic nitrogens is 2. The lowest BCUT2D eigenvalue weighted by atomic mass is 9.97. The Bertz CT molecular complexity index is 366. The van der Waals surface area contributed by atoms with Crippen molar-refractivity contribution in [1.82, 2.24) is 19.6 Å². The fourth-order valence-electron chi connectivity index (χ4n) is 2.83. The second-order valence-electron chi connectivity index (χ2n) is 4.88. The molecule has 4 rings (SSSR count). The molecule has 1 aromatic rings. The molecule has 2 N–H and O–H groups in total. The first kappa shape index (κ1) is 10.3. The van der Waals surface area contributed by atoms with Gasteiger partial charge in [0.15, 0.2) is 0 Å². The molecule has 3 fully saturated rings. The van der Waals surface area contributed by atoms with E-state index in [1.807, 2.05) is 24.1 Å². The zero-order chi connectivity index (χ0) is 11.1. The van der Waals surface area contributed by atoms with Crippen molar-refractivity contribution in [3.05, 3.63) is 18.0 Å². The van der Waals surface area contributed by atoms with E-state index in [0.717, 1.165) is 12.1 Å². The Morgan fingerprint density at radius 1 is 1.38 bits per heavy atom. The van der Waals surface area contributed by atoms with Crippen molar-refractivity contribution in [3.8, 4) is 0 Å². The van der Waals surface area contributed by atoms with Gasteiger partial charge in [-0.05, 0) is 0 Å². The van der Waals surface area contributed by atoms with Crippen LogP contribution in [0.25, 0.3) is 0 Å². The summed E-state index contributed by atoms with van der Waals surface area (Å²) in [6.45, 7) is 5.85. The quantitative estimate of drug-likeness (QED) is 0.726. The maximum atomic E-state index is 6.35. The van der Waals surface area contributed by atoms with Crippen LogP contribution in [0.1, 0.15) is 11.6 Å². The molecule has 0 radical (unpaired) electrons. The lowest BCUT2D eigenvalue weighted by Crippen LogP contribution is -2.63. The minimum atomic E-state index is 0.0943. The van der Waals surface area contributed by atoms with Crippen LogP contribution in [-0.2, 0) is 7.05 Å². The summed E-state index contributed by atoms with van der Waals surface area (Å²) in [6.07, 6.45) is 3.92. The van der Waals surface area contributed by atoms with Crippen molar-refractivity contribution in [2.75, 3.05) is 32.7 Å². The molecule has 0 aliphatic carbocycles. The number of piperazine rings is 3. The Hall–Kier alpha value is -0.910. The maximum Gasteiger partial charge on any atom is 0.0538 e. The highest BCUT2D eigenvalue weighted by molar-refractivity contribution is 5.14. The molecule has 0 spiro atoms. The molecule has 2 unspecified atom stereocenters. The zero-order valence-electron chi connectivity index (χ0n) is 9.71. The van der Waals surface area contributed by atoms with Crippen molar-refractivity contribution in [3.63, 3.8) is 0 Å². The summed E-state index contributed by atoms with van der Waals surface area (Å²) in [6, 6.07) is 0.559. The Kier molecular flexibility index (Phi) is 2.46. The van der Waals surface area contributed by atoms with Gasteiger partial charge in [0.05, 0.1) is 6.20 Å². The molecule has 0 amide bonds. The first-order valence-corrected chi connectivity index (χ1v) is 5.94. The van der Waals surface area contributed by atoms with Crippen molar-refractivity contribution in [2.24, 2.45) is 12.8 Å². The Morgan fingerprint density at radius 3 is 2.62 bits per heavy atom. The van der Waals surface area contributed by atoms with Gasteiger partial charge < -0.3 is 5.73 Å². The molecule has 88 valence electrons. The lowest BCUT2D eigenvalue weighted by Gasteiger charge is -2.49. The van der Waals surface area contributed by atoms with Crippen molar-refractivity contribution >= 4 is 0 Å². The third kappa shape index (κ3) is 1.65. The highest BCUT2D eigenvalue weighted by atomic mass is 15.4. The van der Waals surface area contributed by atoms with Crippen LogP contribution in [0.4, 0.5) is 0 Å². The van der Waals surface area contributed by atoms with Gasteiger partial charge in [-0.15, -0.1) is 0 Å². The van der Waals surface area contributed by atoms with E-state index in [2.05, 4.69) is 14.9 Å². The fourth-order valence-corrected chi connectivity index (χ4v) is 2.83. The summed E-state index contributed by atoms with van der Waals surface area (Å²) < 4.78 is 1.83. The molecule has 2 atom stereocenters. The molecule has 3 aliphatic heterocycles. The first-order valence-electron chi connectivity index (χ1n) is 5.94. The summed E-state index contributed by atoms with van der Waals surface area (Å²) in [5, 5.41) is 4.20. The molecular weight excluding hydrogens is 202 g/mol. The molecule has 1 aromatic heterocycles. The Labute approximate surface area is 95.8 Å². The van der Waals surface area contributed by atoms with Crippen LogP contribution in [-0.4, -0.2) is 58.3 Å². The Balaban J connectivity index is 1.77. The van der Waals surface area contributed by atoms with Crippen molar-refractivity contribution in [1.29, 1.82) is 0 Å². The molecule has 4 heterocycles. The first-order chi connectivity index (χ1) is 7.74. The summed E-state index contributed by atoms with van der Waals surface area (Å²) in [4.78, 5) is 5.04. The van der Waals surface area contributed by atoms with Crippen LogP contribution >= 0.6 is 0 Å². The normalized spacial score (nSPS) is 35.2. The van der Waals surface area contributed by atoms with Gasteiger partial charge in [0.25, 0.3) is 0 Å². The van der Waals surface area contributed by atoms with Gasteiger partial charge in [-0.25, -0.2) is 0 Å². The average molecular weight is 221 g/mol. The van der Waals surface area contributed by atoms with Gasteiger partial charge in [0.2, 0.25) is 0 Å². The summed E-state index contributed by atoms with van der Waals surface area (Å²) in [7, 11) is 1.94. The molecule has 5 heteroatoms. The fraction of sp³-hybridized carbons (Fsp3) is 0.727. The maximum absolute atomic E-state index is 6.35. The SMILES string of the molecule is Cn1cc(C(N)C2CN3CCN2CC3)cn1. The summed E-state index contributed by atoms with van der Waals surface area (Å²) in [5.41, 5.74) is 7.50. The lowest BCUT2D eigenvalue weighted by molar-refractivity contribution is 0.00214. The number of fused-ring (bicyclic) bond motifs is 3. The van der Waals surface area contributed by atoms with E-state index in [-0.39, 0.29) is 6.04 Å². The predicted octanol–water partition coefficient (Wildman–Crippen LogP) is -0.580. The van der Waals surface area contributed by atoms with Crippen LogP contribution in [0.3, 0.4) is 0 Å². The summed E-state index contributed by atoms with van der Waals surface area (Å²) in [5.74, 6) is 0. The number of rotatable bonds is 2. The standard InChI is InChI=1S/C11H19N5/c1-14-7-9(6-13-14)11(12)10-8-15-2-4-16(10)5-3-15/h6-7,10-11H,2-5,8,12H2,1H3. The topological polar surface area (TPSA) is 50.3 Å². The zero-order valence-corrected chi connectivity index (χ0v) is 9.71. The number of hydrogen-bond donors (Lipinski definition) is 1. The minimum absolute atomic E-state index is 0.0943. The van der Waals surface area contributed by atoms with Crippen molar-refractivity contribution in [2.45, 2.75) is 12.1 Å². The average Bonchev–Trinajstić information content (AvgIpc) is 2.76. The molecule has 5 nitrogen and oxygen atoms in total. The van der Waals surface area contributed by atoms with E-state index in [9.17, 15) is 0 Å². The highest BCUT2D eigenvalue weighted by Crippen LogP contribution is 2.24. The molecule has 0 aromatic carbocycles. The minimum Gasteiger partial charge on any atom is -0.323 e. The van der Waals surface area contributed by atoms with Crippen LogP contribution in [0, 0.1) is 0 Å². The molecular formula is C11H19N5. The summed E-state index contributed by atoms with van der Waals surface area (Å²) >= 11 is 0. The number of hydrogen-bond acceptors (Lipinski definition) is 4. The van der Waals surface area contributed by atoms with Crippen LogP contribution in [0.5, 0.6) is 0 Å². The van der Waals surface area contributed by atoms with Gasteiger partial charge in [-0.3, -0.25) is 14.5 Å². The largest absolute Gasteiger partial charge is 0.323 e. The second-order valence-corrected chi connectivity index (χ2v) is 4.88. The van der Waals surface area contributed by atoms with Gasteiger partial charge in [0.1, 0.15) is 0 Å². The molecule has 2 bridgehead atoms. The third-order valence-electron chi connectivity index (χ3n) is 3.85. The van der Waals surface area contributed by atoms with Gasteiger partial charge in [-0.2, -0.15) is 5.10 Å². The van der Waals surface area contributed by atoms with E-state index in [1.165, 1.54) is 26.2 Å². The van der Waals surface area contributed by atoms with Crippen molar-refractivity contribution < 1.29 is 0 Å². The number of aryl methyl sites for hydroxylation is 1. The van der Waals surface area contributed by atoms with E-state index >= 15 is 0 Å². The molecule has 3 saturated heterocycles. The highest BCUT2D eigenvalue weighted by Gasteiger charge is 2.36. The van der Waals surface area contributed by atoms with Crippen LogP contribution in [0.2, 0.25) is 0 Å². The van der Waals surface area contributed by atoms with Crippen LogP contribution < -0.4 is 5.73 Å². The van der Waals surface area contributed by atoms with E-state index < -0.39 is 0 Å². The van der Waals surface area contributed by atoms with E-state index in [4.69, 9.17) is 5.73 Å². The monoisotopic (exact) mass is 221 g/mol. The van der Waals surface area contributed by atoms with Gasteiger partial charge in [0, 0.05) is 63.6 Å². The molecule has 3 aliphatic rings. The molecule has 0 saturated carbocycles. The van der Waals surface area contributed by atoms with E-state index in [0.29, 0.717) is 6.04 Å². The Morgan fingerprint density at radius 2 is 2.12 bits per heavy atom. The third-order valence-corrected chi connectivity index (χ3v) is 3.85. The predicted molar refractivity (Wildman–Crippen MR) is 61.9 cm³/mol. The smallest absolute Gasteiger partial charge is 0.0538 e.